The Morgan fingerprint density at radius 3 is 2.30 bits per heavy atom. The monoisotopic (exact) mass is 465 g/mol. The van der Waals surface area contributed by atoms with Gasteiger partial charge in [0.05, 0.1) is 11.5 Å². The zero-order valence-electron chi connectivity index (χ0n) is 19.8. The highest BCUT2D eigenvalue weighted by molar-refractivity contribution is 7.12. The molecule has 2 aromatic rings. The van der Waals surface area contributed by atoms with Gasteiger partial charge in [-0.05, 0) is 86.8 Å². The van der Waals surface area contributed by atoms with Crippen molar-refractivity contribution in [1.82, 2.24) is 5.32 Å². The molecule has 3 aliphatic rings. The summed E-state index contributed by atoms with van der Waals surface area (Å²) < 4.78 is 0. The first-order valence-corrected chi connectivity index (χ1v) is 13.4. The second kappa shape index (κ2) is 8.90. The normalized spacial score (nSPS) is 27.1. The fourth-order valence-corrected chi connectivity index (χ4v) is 7.70. The summed E-state index contributed by atoms with van der Waals surface area (Å²) in [6, 6.07) is 9.29. The molecule has 1 aromatic carbocycles. The topological polar surface area (TPSA) is 66.4 Å². The molecular weight excluding hydrogens is 430 g/mol. The van der Waals surface area contributed by atoms with Gasteiger partial charge in [0.25, 0.3) is 5.91 Å². The van der Waals surface area contributed by atoms with Gasteiger partial charge < -0.3 is 10.4 Å². The molecule has 5 rings (SSSR count). The van der Waals surface area contributed by atoms with Crippen LogP contribution in [0.2, 0.25) is 0 Å². The third-order valence-electron chi connectivity index (χ3n) is 8.45. The number of aliphatic carboxylic acids is 1. The van der Waals surface area contributed by atoms with E-state index in [2.05, 4.69) is 36.5 Å². The number of hydrogen-bond acceptors (Lipinski definition) is 3. The number of carboxylic acid groups (broad SMARTS) is 1. The summed E-state index contributed by atoms with van der Waals surface area (Å²) in [5.41, 5.74) is 4.91. The van der Waals surface area contributed by atoms with Gasteiger partial charge in [-0.1, -0.05) is 43.5 Å². The van der Waals surface area contributed by atoms with Crippen LogP contribution in [0.25, 0.3) is 0 Å². The van der Waals surface area contributed by atoms with Gasteiger partial charge in [-0.2, -0.15) is 0 Å². The first-order valence-electron chi connectivity index (χ1n) is 12.5. The van der Waals surface area contributed by atoms with Crippen molar-refractivity contribution in [1.29, 1.82) is 0 Å². The summed E-state index contributed by atoms with van der Waals surface area (Å²) in [5.74, 6) is -0.0976. The summed E-state index contributed by atoms with van der Waals surface area (Å²) in [6.07, 6.45) is 10.9. The van der Waals surface area contributed by atoms with Crippen molar-refractivity contribution in [3.63, 3.8) is 0 Å². The highest BCUT2D eigenvalue weighted by Gasteiger charge is 2.55. The van der Waals surface area contributed by atoms with Crippen LogP contribution in [0.5, 0.6) is 0 Å². The molecule has 0 saturated heterocycles. The van der Waals surface area contributed by atoms with Gasteiger partial charge in [0.1, 0.15) is 0 Å². The number of carbonyl (C=O) groups is 2. The number of carbonyl (C=O) groups excluding carboxylic acids is 1. The Kier molecular flexibility index (Phi) is 6.11. The van der Waals surface area contributed by atoms with Gasteiger partial charge in [0, 0.05) is 15.8 Å². The Morgan fingerprint density at radius 1 is 1.00 bits per heavy atom. The number of thiophene rings is 1. The largest absolute Gasteiger partial charge is 0.481 e. The average molecular weight is 466 g/mol. The van der Waals surface area contributed by atoms with E-state index in [4.69, 9.17) is 5.11 Å². The molecule has 1 heterocycles. The Labute approximate surface area is 200 Å². The molecule has 0 unspecified atom stereocenters. The van der Waals surface area contributed by atoms with Gasteiger partial charge in [0.2, 0.25) is 0 Å². The van der Waals surface area contributed by atoms with E-state index in [-0.39, 0.29) is 23.3 Å². The van der Waals surface area contributed by atoms with Crippen LogP contribution in [0.1, 0.15) is 101 Å². The predicted molar refractivity (Wildman–Crippen MR) is 132 cm³/mol. The van der Waals surface area contributed by atoms with Crippen molar-refractivity contribution in [2.75, 3.05) is 0 Å². The smallest absolute Gasteiger partial charge is 0.306 e. The molecule has 5 heteroatoms. The van der Waals surface area contributed by atoms with Crippen LogP contribution in [0.15, 0.2) is 24.3 Å². The highest BCUT2D eigenvalue weighted by atomic mass is 32.1. The van der Waals surface area contributed by atoms with E-state index in [1.165, 1.54) is 48.1 Å². The average Bonchev–Trinajstić information content (AvgIpc) is 3.02. The van der Waals surface area contributed by atoms with Crippen LogP contribution >= 0.6 is 11.3 Å². The zero-order chi connectivity index (χ0) is 23.2. The fourth-order valence-electron chi connectivity index (χ4n) is 6.63. The third kappa shape index (κ3) is 4.49. The second-order valence-corrected chi connectivity index (χ2v) is 12.3. The van der Waals surface area contributed by atoms with Gasteiger partial charge in [-0.25, -0.2) is 0 Å². The molecule has 3 fully saturated rings. The zero-order valence-corrected chi connectivity index (χ0v) is 20.6. The molecule has 33 heavy (non-hydrogen) atoms. The Hall–Kier alpha value is -2.14. The maximum atomic E-state index is 13.2. The quantitative estimate of drug-likeness (QED) is 0.520. The summed E-state index contributed by atoms with van der Waals surface area (Å²) >= 11 is 1.71. The molecule has 0 atom stereocenters. The van der Waals surface area contributed by atoms with Crippen molar-refractivity contribution >= 4 is 23.2 Å². The first-order chi connectivity index (χ1) is 15.8. The van der Waals surface area contributed by atoms with Gasteiger partial charge in [0.15, 0.2) is 0 Å². The van der Waals surface area contributed by atoms with Crippen molar-refractivity contribution in [3.8, 4) is 0 Å². The minimum absolute atomic E-state index is 0.0413. The summed E-state index contributed by atoms with van der Waals surface area (Å²) in [4.78, 5) is 26.7. The molecule has 4 nitrogen and oxygen atoms in total. The first kappa shape index (κ1) is 22.6. The number of amides is 1. The lowest BCUT2D eigenvalue weighted by molar-refractivity contribution is -0.155. The summed E-state index contributed by atoms with van der Waals surface area (Å²) in [6.45, 7) is 4.17. The summed E-state index contributed by atoms with van der Waals surface area (Å²) in [7, 11) is 0. The van der Waals surface area contributed by atoms with Crippen molar-refractivity contribution < 1.29 is 14.7 Å². The molecule has 176 valence electrons. The predicted octanol–water partition coefficient (Wildman–Crippen LogP) is 6.38. The number of rotatable bonds is 6. The van der Waals surface area contributed by atoms with E-state index in [9.17, 15) is 9.59 Å². The Morgan fingerprint density at radius 2 is 1.67 bits per heavy atom. The third-order valence-corrected chi connectivity index (χ3v) is 9.51. The lowest BCUT2D eigenvalue weighted by Crippen LogP contribution is -2.57. The van der Waals surface area contributed by atoms with Gasteiger partial charge >= 0.3 is 5.97 Å². The maximum Gasteiger partial charge on any atom is 0.306 e. The molecule has 0 radical (unpaired) electrons. The van der Waals surface area contributed by atoms with E-state index in [1.54, 1.807) is 11.3 Å². The number of aryl methyl sites for hydroxylation is 2. The number of hydrogen-bond donors (Lipinski definition) is 2. The van der Waals surface area contributed by atoms with Crippen LogP contribution in [-0.4, -0.2) is 23.0 Å². The fraction of sp³-hybridized carbons (Fsp3) is 0.571. The molecular formula is C28H35NO3S. The van der Waals surface area contributed by atoms with Crippen molar-refractivity contribution in [2.45, 2.75) is 90.0 Å². The number of benzene rings is 1. The van der Waals surface area contributed by atoms with E-state index >= 15 is 0 Å². The number of carboxylic acids is 1. The molecule has 0 aliphatic heterocycles. The molecule has 3 aliphatic carbocycles. The van der Waals surface area contributed by atoms with Crippen molar-refractivity contribution in [2.24, 2.45) is 11.3 Å². The second-order valence-electron chi connectivity index (χ2n) is 10.8. The van der Waals surface area contributed by atoms with Crippen LogP contribution in [0.4, 0.5) is 0 Å². The lowest BCUT2D eigenvalue weighted by atomic mass is 9.50. The van der Waals surface area contributed by atoms with Crippen LogP contribution in [0, 0.1) is 25.2 Å². The molecule has 1 amide bonds. The highest BCUT2D eigenvalue weighted by Crippen LogP contribution is 2.58. The van der Waals surface area contributed by atoms with Crippen LogP contribution in [-0.2, 0) is 11.2 Å². The van der Waals surface area contributed by atoms with Gasteiger partial charge in [-0.3, -0.25) is 9.59 Å². The minimum atomic E-state index is -0.672. The Balaban J connectivity index is 1.23. The molecule has 0 bridgehead atoms. The molecule has 2 N–H and O–H groups in total. The maximum absolute atomic E-state index is 13.2. The molecule has 1 aromatic heterocycles. The SMILES string of the molecule is Cc1sc(C)c(C(=O)NC2CC3(C2)CC(C(=O)O)C3)c1Cc1ccc(C2CCCCC2)cc1. The minimum Gasteiger partial charge on any atom is -0.481 e. The molecule has 1 spiro atoms. The van der Waals surface area contributed by atoms with E-state index in [0.717, 1.165) is 48.1 Å². The van der Waals surface area contributed by atoms with Crippen LogP contribution < -0.4 is 5.32 Å². The Bertz CT molecular complexity index is 1030. The standard InChI is InChI=1S/C28H35NO3S/c1-17-24(12-19-8-10-21(11-9-19)20-6-4-3-5-7-20)25(18(2)33-17)26(30)29-23-15-28(16-23)13-22(14-28)27(31)32/h8-11,20,22-23H,3-7,12-16H2,1-2H3,(H,29,30)(H,31,32). The van der Waals surface area contributed by atoms with E-state index < -0.39 is 5.97 Å². The van der Waals surface area contributed by atoms with Crippen molar-refractivity contribution in [3.05, 3.63) is 56.3 Å². The number of nitrogens with one attached hydrogen (secondary N) is 1. The molecule has 3 saturated carbocycles. The van der Waals surface area contributed by atoms with Crippen LogP contribution in [0.3, 0.4) is 0 Å². The van der Waals surface area contributed by atoms with E-state index in [0.29, 0.717) is 5.92 Å². The van der Waals surface area contributed by atoms with Gasteiger partial charge in [-0.15, -0.1) is 11.3 Å². The summed E-state index contributed by atoms with van der Waals surface area (Å²) in [5, 5.41) is 12.4. The lowest BCUT2D eigenvalue weighted by Gasteiger charge is -2.56. The van der Waals surface area contributed by atoms with E-state index in [1.807, 2.05) is 6.92 Å².